The van der Waals surface area contributed by atoms with Crippen LogP contribution in [0, 0.1) is 6.92 Å². The number of rotatable bonds is 6. The third kappa shape index (κ3) is 4.67. The van der Waals surface area contributed by atoms with Crippen molar-refractivity contribution in [2.75, 3.05) is 19.0 Å². The summed E-state index contributed by atoms with van der Waals surface area (Å²) in [6.45, 7) is 2.88. The van der Waals surface area contributed by atoms with Gasteiger partial charge in [0.15, 0.2) is 0 Å². The van der Waals surface area contributed by atoms with Crippen molar-refractivity contribution in [3.8, 4) is 0 Å². The molecule has 0 aliphatic carbocycles. The van der Waals surface area contributed by atoms with Crippen molar-refractivity contribution >= 4 is 28.7 Å². The molecule has 1 heterocycles. The number of hydrogen-bond acceptors (Lipinski definition) is 3. The summed E-state index contributed by atoms with van der Waals surface area (Å²) in [5.41, 5.74) is 8.78. The maximum absolute atomic E-state index is 12.5. The zero-order valence-electron chi connectivity index (χ0n) is 18.0. The molecule has 4 rings (SSSR count). The van der Waals surface area contributed by atoms with Gasteiger partial charge in [0.25, 0.3) is 5.91 Å². The molecule has 0 aliphatic rings. The van der Waals surface area contributed by atoms with Crippen molar-refractivity contribution in [2.45, 2.75) is 13.5 Å². The fraction of sp³-hybridized carbons (Fsp3) is 0.154. The fourth-order valence-corrected chi connectivity index (χ4v) is 3.67. The van der Waals surface area contributed by atoms with Crippen LogP contribution >= 0.6 is 0 Å². The third-order valence-electron chi connectivity index (χ3n) is 5.25. The predicted molar refractivity (Wildman–Crippen MR) is 128 cm³/mol. The lowest BCUT2D eigenvalue weighted by Crippen LogP contribution is -2.18. The number of nitrogens with zero attached hydrogens (tertiary/aromatic N) is 3. The van der Waals surface area contributed by atoms with Gasteiger partial charge in [0.05, 0.1) is 6.21 Å². The zero-order valence-corrected chi connectivity index (χ0v) is 18.0. The molecule has 0 bridgehead atoms. The van der Waals surface area contributed by atoms with E-state index in [0.29, 0.717) is 5.56 Å². The van der Waals surface area contributed by atoms with Crippen LogP contribution in [0.5, 0.6) is 0 Å². The molecule has 4 aromatic rings. The van der Waals surface area contributed by atoms with Gasteiger partial charge in [-0.05, 0) is 36.8 Å². The van der Waals surface area contributed by atoms with Crippen molar-refractivity contribution in [1.29, 1.82) is 0 Å². The molecule has 31 heavy (non-hydrogen) atoms. The fourth-order valence-electron chi connectivity index (χ4n) is 3.67. The van der Waals surface area contributed by atoms with Crippen molar-refractivity contribution < 1.29 is 4.79 Å². The van der Waals surface area contributed by atoms with E-state index in [1.54, 1.807) is 12.3 Å². The Morgan fingerprint density at radius 2 is 1.84 bits per heavy atom. The van der Waals surface area contributed by atoms with Crippen molar-refractivity contribution in [2.24, 2.45) is 5.10 Å². The highest BCUT2D eigenvalue weighted by Gasteiger charge is 2.09. The number of amides is 1. The molecular weight excluding hydrogens is 384 g/mol. The second-order valence-electron chi connectivity index (χ2n) is 7.86. The van der Waals surface area contributed by atoms with E-state index in [0.717, 1.165) is 28.7 Å². The molecule has 0 spiro atoms. The Hall–Kier alpha value is -3.86. The normalized spacial score (nSPS) is 11.2. The molecule has 1 N–H and O–H groups in total. The van der Waals surface area contributed by atoms with Crippen molar-refractivity contribution in [3.63, 3.8) is 0 Å². The van der Waals surface area contributed by atoms with E-state index in [1.165, 1.54) is 11.1 Å². The minimum absolute atomic E-state index is 0.233. The van der Waals surface area contributed by atoms with Crippen LogP contribution in [-0.4, -0.2) is 30.8 Å². The van der Waals surface area contributed by atoms with Gasteiger partial charge < -0.3 is 9.47 Å². The molecule has 156 valence electrons. The Kier molecular flexibility index (Phi) is 5.85. The van der Waals surface area contributed by atoms with Crippen LogP contribution in [-0.2, 0) is 6.54 Å². The molecular formula is C26H26N4O. The lowest BCUT2D eigenvalue weighted by molar-refractivity contribution is 0.0955. The average molecular weight is 411 g/mol. The molecule has 5 heteroatoms. The lowest BCUT2D eigenvalue weighted by atomic mass is 10.1. The lowest BCUT2D eigenvalue weighted by Gasteiger charge is -2.12. The summed E-state index contributed by atoms with van der Waals surface area (Å²) in [6, 6.07) is 24.2. The van der Waals surface area contributed by atoms with E-state index in [1.807, 2.05) is 49.3 Å². The van der Waals surface area contributed by atoms with E-state index < -0.39 is 0 Å². The maximum Gasteiger partial charge on any atom is 0.271 e. The van der Waals surface area contributed by atoms with Crippen molar-refractivity contribution in [1.82, 2.24) is 9.99 Å². The summed E-state index contributed by atoms with van der Waals surface area (Å²) in [5.74, 6) is -0.233. The van der Waals surface area contributed by atoms with Gasteiger partial charge in [0, 0.05) is 54.6 Å². The number of hydrogen-bond donors (Lipinski definition) is 1. The molecule has 0 fully saturated rings. The Bertz CT molecular complexity index is 1250. The molecule has 0 radical (unpaired) electrons. The van der Waals surface area contributed by atoms with Gasteiger partial charge in [-0.15, -0.1) is 0 Å². The largest absolute Gasteiger partial charge is 0.378 e. The number of para-hydroxylation sites is 1. The first-order valence-corrected chi connectivity index (χ1v) is 10.3. The maximum atomic E-state index is 12.5. The Morgan fingerprint density at radius 3 is 2.65 bits per heavy atom. The van der Waals surface area contributed by atoms with Gasteiger partial charge in [-0.3, -0.25) is 4.79 Å². The number of carbonyl (C=O) groups excluding carboxylic acids is 1. The van der Waals surface area contributed by atoms with Crippen LogP contribution in [0.3, 0.4) is 0 Å². The summed E-state index contributed by atoms with van der Waals surface area (Å²) in [6.07, 6.45) is 3.79. The Balaban J connectivity index is 1.55. The molecule has 0 saturated carbocycles. The van der Waals surface area contributed by atoms with E-state index >= 15 is 0 Å². The molecule has 5 nitrogen and oxygen atoms in total. The van der Waals surface area contributed by atoms with E-state index in [2.05, 4.69) is 64.6 Å². The summed E-state index contributed by atoms with van der Waals surface area (Å²) >= 11 is 0. The molecule has 0 unspecified atom stereocenters. The Morgan fingerprint density at radius 1 is 1.03 bits per heavy atom. The SMILES string of the molecule is Cc1cccc(Cn2cc(/C=N\NC(=O)c3cccc(N(C)C)c3)c3ccccc32)c1. The topological polar surface area (TPSA) is 49.6 Å². The predicted octanol–water partition coefficient (Wildman–Crippen LogP) is 4.83. The number of aromatic nitrogens is 1. The first kappa shape index (κ1) is 20.4. The number of fused-ring (bicyclic) bond motifs is 1. The van der Waals surface area contributed by atoms with E-state index in [-0.39, 0.29) is 5.91 Å². The van der Waals surface area contributed by atoms with Gasteiger partial charge in [0.1, 0.15) is 0 Å². The van der Waals surface area contributed by atoms with Gasteiger partial charge in [-0.2, -0.15) is 5.10 Å². The number of nitrogens with one attached hydrogen (secondary N) is 1. The highest BCUT2D eigenvalue weighted by Crippen LogP contribution is 2.21. The van der Waals surface area contributed by atoms with E-state index in [4.69, 9.17) is 0 Å². The van der Waals surface area contributed by atoms with E-state index in [9.17, 15) is 4.79 Å². The Labute approximate surface area is 182 Å². The summed E-state index contributed by atoms with van der Waals surface area (Å²) in [7, 11) is 3.89. The molecule has 1 amide bonds. The highest BCUT2D eigenvalue weighted by atomic mass is 16.2. The van der Waals surface area contributed by atoms with Crippen LogP contribution in [0.25, 0.3) is 10.9 Å². The standard InChI is InChI=1S/C26H26N4O/c1-19-8-6-9-20(14-19)17-30-18-22(24-12-4-5-13-25(24)30)16-27-28-26(31)21-10-7-11-23(15-21)29(2)3/h4-16,18H,17H2,1-3H3,(H,28,31)/b27-16-. The number of anilines is 1. The van der Waals surface area contributed by atoms with Gasteiger partial charge >= 0.3 is 0 Å². The zero-order chi connectivity index (χ0) is 21.8. The minimum Gasteiger partial charge on any atom is -0.378 e. The molecule has 0 saturated heterocycles. The first-order chi connectivity index (χ1) is 15.0. The minimum atomic E-state index is -0.233. The summed E-state index contributed by atoms with van der Waals surface area (Å²) < 4.78 is 2.22. The van der Waals surface area contributed by atoms with Crippen molar-refractivity contribution in [3.05, 3.63) is 101 Å². The number of aryl methyl sites for hydroxylation is 1. The number of hydrazone groups is 1. The van der Waals surface area contributed by atoms with Gasteiger partial charge in [0.2, 0.25) is 0 Å². The third-order valence-corrected chi connectivity index (χ3v) is 5.25. The van der Waals surface area contributed by atoms with Gasteiger partial charge in [-0.1, -0.05) is 54.1 Å². The molecule has 1 aromatic heterocycles. The molecule has 3 aromatic carbocycles. The quantitative estimate of drug-likeness (QED) is 0.366. The highest BCUT2D eigenvalue weighted by molar-refractivity contribution is 6.00. The van der Waals surface area contributed by atoms with Crippen LogP contribution in [0.4, 0.5) is 5.69 Å². The second-order valence-corrected chi connectivity index (χ2v) is 7.86. The van der Waals surface area contributed by atoms with Crippen LogP contribution in [0.2, 0.25) is 0 Å². The smallest absolute Gasteiger partial charge is 0.271 e. The molecule has 0 aliphatic heterocycles. The second kappa shape index (κ2) is 8.88. The first-order valence-electron chi connectivity index (χ1n) is 10.3. The average Bonchev–Trinajstić information content (AvgIpc) is 3.11. The van der Waals surface area contributed by atoms with Crippen LogP contribution in [0.1, 0.15) is 27.0 Å². The van der Waals surface area contributed by atoms with Crippen LogP contribution < -0.4 is 10.3 Å². The number of carbonyl (C=O) groups is 1. The van der Waals surface area contributed by atoms with Crippen LogP contribution in [0.15, 0.2) is 84.1 Å². The monoisotopic (exact) mass is 410 g/mol. The number of benzene rings is 3. The van der Waals surface area contributed by atoms with Gasteiger partial charge in [-0.25, -0.2) is 5.43 Å². The summed E-state index contributed by atoms with van der Waals surface area (Å²) in [5, 5.41) is 5.33. The molecule has 0 atom stereocenters. The summed E-state index contributed by atoms with van der Waals surface area (Å²) in [4.78, 5) is 14.5.